The van der Waals surface area contributed by atoms with Gasteiger partial charge in [0.1, 0.15) is 10.8 Å². The first-order chi connectivity index (χ1) is 13.2. The van der Waals surface area contributed by atoms with Crippen molar-refractivity contribution in [3.05, 3.63) is 71.8 Å². The van der Waals surface area contributed by atoms with Crippen LogP contribution in [-0.4, -0.2) is 44.3 Å². The van der Waals surface area contributed by atoms with Crippen LogP contribution in [0, 0.1) is 11.8 Å². The molecule has 0 spiro atoms. The van der Waals surface area contributed by atoms with Crippen LogP contribution in [0.3, 0.4) is 0 Å². The number of hydrogen-bond acceptors (Lipinski definition) is 4. The minimum absolute atomic E-state index is 0.0846. The van der Waals surface area contributed by atoms with Crippen LogP contribution in [0.1, 0.15) is 11.1 Å². The maximum Gasteiger partial charge on any atom is 0.316 e. The molecule has 1 aliphatic carbocycles. The molecule has 8 nitrogen and oxygen atoms in total. The zero-order valence-electron chi connectivity index (χ0n) is 14.4. The molecular formula is C20H16O8. The lowest BCUT2D eigenvalue weighted by molar-refractivity contribution is -0.205. The summed E-state index contributed by atoms with van der Waals surface area (Å²) in [6, 6.07) is 14.2. The van der Waals surface area contributed by atoms with Crippen LogP contribution in [0.25, 0.3) is 0 Å². The van der Waals surface area contributed by atoms with E-state index >= 15 is 0 Å². The van der Waals surface area contributed by atoms with Gasteiger partial charge in [-0.15, -0.1) is 0 Å². The van der Waals surface area contributed by atoms with Gasteiger partial charge in [-0.25, -0.2) is 0 Å². The average Bonchev–Trinajstić information content (AvgIpc) is 2.62. The highest BCUT2D eigenvalue weighted by molar-refractivity contribution is 6.08. The monoisotopic (exact) mass is 384 g/mol. The van der Waals surface area contributed by atoms with Gasteiger partial charge in [0.2, 0.25) is 0 Å². The number of carboxylic acid groups (broad SMARTS) is 4. The van der Waals surface area contributed by atoms with Crippen LogP contribution in [0.5, 0.6) is 0 Å². The van der Waals surface area contributed by atoms with E-state index in [2.05, 4.69) is 0 Å². The molecule has 4 N–H and O–H groups in total. The number of aliphatic carboxylic acids is 4. The van der Waals surface area contributed by atoms with E-state index in [1.54, 1.807) is 12.1 Å². The smallest absolute Gasteiger partial charge is 0.316 e. The summed E-state index contributed by atoms with van der Waals surface area (Å²) < 4.78 is 0. The van der Waals surface area contributed by atoms with Crippen LogP contribution < -0.4 is 0 Å². The molecule has 1 saturated carbocycles. The predicted molar refractivity (Wildman–Crippen MR) is 93.8 cm³/mol. The third-order valence-corrected chi connectivity index (χ3v) is 5.55. The minimum atomic E-state index is -2.52. The molecule has 1 aliphatic rings. The molecular weight excluding hydrogens is 368 g/mol. The van der Waals surface area contributed by atoms with E-state index in [4.69, 9.17) is 0 Å². The lowest BCUT2D eigenvalue weighted by atomic mass is 9.34. The van der Waals surface area contributed by atoms with E-state index in [-0.39, 0.29) is 11.1 Å². The fourth-order valence-electron chi connectivity index (χ4n) is 4.62. The highest BCUT2D eigenvalue weighted by Crippen LogP contribution is 2.66. The van der Waals surface area contributed by atoms with Crippen LogP contribution in [0.4, 0.5) is 0 Å². The molecule has 3 rings (SSSR count). The maximum absolute atomic E-state index is 12.6. The van der Waals surface area contributed by atoms with Crippen molar-refractivity contribution in [1.82, 2.24) is 0 Å². The number of carboxylic acids is 4. The molecule has 2 aromatic rings. The minimum Gasteiger partial charge on any atom is -0.481 e. The van der Waals surface area contributed by atoms with Crippen LogP contribution in [0.15, 0.2) is 60.7 Å². The molecule has 0 saturated heterocycles. The summed E-state index contributed by atoms with van der Waals surface area (Å²) in [5, 5.41) is 39.8. The van der Waals surface area contributed by atoms with Gasteiger partial charge in [0.15, 0.2) is 0 Å². The standard InChI is InChI=1S/C20H16O8/c21-15(22)13-14(16(23)24)20(18(27)28,12-9-5-2-6-10-12)19(13,17(25)26)11-7-3-1-4-8-11/h1-10,13-14H,(H,21,22)(H,23,24)(H,25,26)(H,27,28). The Morgan fingerprint density at radius 2 is 0.857 bits per heavy atom. The molecule has 0 aliphatic heterocycles. The fraction of sp³-hybridized carbons (Fsp3) is 0.200. The van der Waals surface area contributed by atoms with Crippen molar-refractivity contribution in [3.8, 4) is 0 Å². The molecule has 28 heavy (non-hydrogen) atoms. The second-order valence-electron chi connectivity index (χ2n) is 6.59. The van der Waals surface area contributed by atoms with Gasteiger partial charge in [-0.1, -0.05) is 60.7 Å². The molecule has 144 valence electrons. The summed E-state index contributed by atoms with van der Waals surface area (Å²) in [5.74, 6) is -10.8. The zero-order chi connectivity index (χ0) is 20.7. The number of rotatable bonds is 6. The lowest BCUT2D eigenvalue weighted by Crippen LogP contribution is -2.80. The van der Waals surface area contributed by atoms with E-state index in [1.807, 2.05) is 0 Å². The molecule has 8 heteroatoms. The van der Waals surface area contributed by atoms with E-state index in [9.17, 15) is 39.6 Å². The maximum atomic E-state index is 12.6. The van der Waals surface area contributed by atoms with Crippen molar-refractivity contribution in [3.63, 3.8) is 0 Å². The van der Waals surface area contributed by atoms with E-state index < -0.39 is 46.5 Å². The van der Waals surface area contributed by atoms with Crippen molar-refractivity contribution >= 4 is 23.9 Å². The van der Waals surface area contributed by atoms with Crippen molar-refractivity contribution in [1.29, 1.82) is 0 Å². The van der Waals surface area contributed by atoms with Gasteiger partial charge in [-0.3, -0.25) is 19.2 Å². The Kier molecular flexibility index (Phi) is 4.42. The SMILES string of the molecule is O=C(O)C1C(C(=O)O)C(C(=O)O)(c2ccccc2)C1(C(=O)O)c1ccccc1. The Labute approximate surface area is 158 Å². The average molecular weight is 384 g/mol. The van der Waals surface area contributed by atoms with Crippen molar-refractivity contribution in [2.75, 3.05) is 0 Å². The first kappa shape index (κ1) is 19.1. The van der Waals surface area contributed by atoms with Crippen molar-refractivity contribution < 1.29 is 39.6 Å². The molecule has 4 atom stereocenters. The van der Waals surface area contributed by atoms with Crippen molar-refractivity contribution in [2.24, 2.45) is 11.8 Å². The molecule has 4 unspecified atom stereocenters. The molecule has 2 aromatic carbocycles. The Morgan fingerprint density at radius 1 is 0.571 bits per heavy atom. The summed E-state index contributed by atoms with van der Waals surface area (Å²) in [5.41, 5.74) is -5.20. The first-order valence-corrected chi connectivity index (χ1v) is 8.27. The zero-order valence-corrected chi connectivity index (χ0v) is 14.4. The van der Waals surface area contributed by atoms with Gasteiger partial charge in [0, 0.05) is 0 Å². The van der Waals surface area contributed by atoms with Crippen molar-refractivity contribution in [2.45, 2.75) is 10.8 Å². The second kappa shape index (κ2) is 6.49. The third kappa shape index (κ3) is 2.11. The van der Waals surface area contributed by atoms with Crippen LogP contribution in [-0.2, 0) is 30.0 Å². The van der Waals surface area contributed by atoms with Crippen LogP contribution >= 0.6 is 0 Å². The summed E-state index contributed by atoms with van der Waals surface area (Å²) in [4.78, 5) is 49.1. The van der Waals surface area contributed by atoms with E-state index in [0.29, 0.717) is 0 Å². The summed E-state index contributed by atoms with van der Waals surface area (Å²) in [6.07, 6.45) is 0. The molecule has 0 aromatic heterocycles. The first-order valence-electron chi connectivity index (χ1n) is 8.27. The summed E-state index contributed by atoms with van der Waals surface area (Å²) >= 11 is 0. The van der Waals surface area contributed by atoms with Gasteiger partial charge in [0.05, 0.1) is 11.8 Å². The highest BCUT2D eigenvalue weighted by atomic mass is 16.4. The molecule has 1 fully saturated rings. The quantitative estimate of drug-likeness (QED) is 0.584. The Morgan fingerprint density at radius 3 is 1.07 bits per heavy atom. The van der Waals surface area contributed by atoms with Gasteiger partial charge >= 0.3 is 23.9 Å². The number of carbonyl (C=O) groups is 4. The number of hydrogen-bond donors (Lipinski definition) is 4. The fourth-order valence-corrected chi connectivity index (χ4v) is 4.62. The number of benzene rings is 2. The summed E-state index contributed by atoms with van der Waals surface area (Å²) in [7, 11) is 0. The predicted octanol–water partition coefficient (Wildman–Crippen LogP) is 1.45. The van der Waals surface area contributed by atoms with Gasteiger partial charge in [-0.2, -0.15) is 0 Å². The Balaban J connectivity index is 2.51. The Hall–Kier alpha value is -3.68. The van der Waals surface area contributed by atoms with Gasteiger partial charge < -0.3 is 20.4 Å². The van der Waals surface area contributed by atoms with Crippen LogP contribution in [0.2, 0.25) is 0 Å². The molecule has 0 bridgehead atoms. The molecule has 0 amide bonds. The highest BCUT2D eigenvalue weighted by Gasteiger charge is 2.84. The van der Waals surface area contributed by atoms with E-state index in [0.717, 1.165) is 0 Å². The largest absolute Gasteiger partial charge is 0.481 e. The van der Waals surface area contributed by atoms with Gasteiger partial charge in [0.25, 0.3) is 0 Å². The van der Waals surface area contributed by atoms with E-state index in [1.165, 1.54) is 48.5 Å². The molecule has 0 radical (unpaired) electrons. The topological polar surface area (TPSA) is 149 Å². The third-order valence-electron chi connectivity index (χ3n) is 5.55. The molecule has 0 heterocycles. The van der Waals surface area contributed by atoms with Gasteiger partial charge in [-0.05, 0) is 11.1 Å². The lowest BCUT2D eigenvalue weighted by Gasteiger charge is -2.61. The second-order valence-corrected chi connectivity index (χ2v) is 6.59. The Bertz CT molecular complexity index is 875. The summed E-state index contributed by atoms with van der Waals surface area (Å²) in [6.45, 7) is 0. The normalized spacial score (nSPS) is 28.7.